The predicted octanol–water partition coefficient (Wildman–Crippen LogP) is 7.87. The Morgan fingerprint density at radius 1 is 1.07 bits per heavy atom. The smallest absolute Gasteiger partial charge is 0.408 e. The van der Waals surface area contributed by atoms with Gasteiger partial charge in [-0.25, -0.2) is 22.9 Å². The molecule has 3 aromatic rings. The predicted molar refractivity (Wildman–Crippen MR) is 145 cm³/mol. The quantitative estimate of drug-likeness (QED) is 0.199. The van der Waals surface area contributed by atoms with Crippen LogP contribution in [0.1, 0.15) is 81.8 Å². The van der Waals surface area contributed by atoms with Crippen LogP contribution in [0.15, 0.2) is 42.5 Å². The van der Waals surface area contributed by atoms with Gasteiger partial charge in [0.1, 0.15) is 23.5 Å². The van der Waals surface area contributed by atoms with Crippen LogP contribution in [0.25, 0.3) is 11.0 Å². The fourth-order valence-corrected chi connectivity index (χ4v) is 5.11. The summed E-state index contributed by atoms with van der Waals surface area (Å²) in [5.74, 6) is -7.78. The lowest BCUT2D eigenvalue weighted by atomic mass is 9.82. The number of hydrogen-bond acceptors (Lipinski definition) is 5. The van der Waals surface area contributed by atoms with Crippen molar-refractivity contribution in [2.24, 2.45) is 5.92 Å². The molecule has 0 aliphatic heterocycles. The number of imidazole rings is 1. The van der Waals surface area contributed by atoms with Crippen molar-refractivity contribution in [2.45, 2.75) is 89.1 Å². The summed E-state index contributed by atoms with van der Waals surface area (Å²) in [6.07, 6.45) is -8.14. The first-order valence-electron chi connectivity index (χ1n) is 13.8. The third-order valence-corrected chi connectivity index (χ3v) is 7.16. The Kier molecular flexibility index (Phi) is 9.31. The molecular weight excluding hydrogens is 580 g/mol. The van der Waals surface area contributed by atoms with Crippen molar-refractivity contribution in [1.29, 1.82) is 0 Å². The van der Waals surface area contributed by atoms with E-state index in [1.54, 1.807) is 30.3 Å². The molecule has 1 heterocycles. The highest BCUT2D eigenvalue weighted by molar-refractivity contribution is 5.83. The normalized spacial score (nSPS) is 17.3. The molecule has 1 fully saturated rings. The van der Waals surface area contributed by atoms with Crippen molar-refractivity contribution in [3.63, 3.8) is 0 Å². The molecular formula is C30H33F6N3O4. The number of alkyl carbamates (subject to hydrolysis) is 1. The molecule has 1 amide bonds. The van der Waals surface area contributed by atoms with E-state index in [1.165, 1.54) is 26.8 Å². The lowest BCUT2D eigenvalue weighted by Gasteiger charge is -2.33. The highest BCUT2D eigenvalue weighted by atomic mass is 19.4. The van der Waals surface area contributed by atoms with Gasteiger partial charge in [0, 0.05) is 18.4 Å². The third kappa shape index (κ3) is 8.64. The zero-order chi connectivity index (χ0) is 31.6. The van der Waals surface area contributed by atoms with E-state index in [4.69, 9.17) is 9.47 Å². The zero-order valence-electron chi connectivity index (χ0n) is 23.9. The number of rotatable bonds is 8. The van der Waals surface area contributed by atoms with E-state index in [9.17, 15) is 31.5 Å². The number of ether oxygens (including phenoxy) is 2. The topological polar surface area (TPSA) is 93.3 Å². The maximum Gasteiger partial charge on any atom is 0.408 e. The first kappa shape index (κ1) is 32.2. The first-order valence-corrected chi connectivity index (χ1v) is 13.8. The number of nitrogens with one attached hydrogen (secondary N) is 2. The summed E-state index contributed by atoms with van der Waals surface area (Å²) >= 11 is 0. The van der Waals surface area contributed by atoms with Crippen LogP contribution >= 0.6 is 0 Å². The summed E-state index contributed by atoms with van der Waals surface area (Å²) in [5.41, 5.74) is -1.25. The van der Waals surface area contributed by atoms with Gasteiger partial charge in [-0.3, -0.25) is 4.79 Å². The molecule has 7 nitrogen and oxygen atoms in total. The Labute approximate surface area is 244 Å². The number of alkyl halides is 5. The lowest BCUT2D eigenvalue weighted by molar-refractivity contribution is -0.169. The van der Waals surface area contributed by atoms with Crippen molar-refractivity contribution in [1.82, 2.24) is 15.3 Å². The Bertz CT molecular complexity index is 1430. The molecule has 4 rings (SSSR count). The molecule has 1 unspecified atom stereocenters. The number of carbonyl (C=O) groups excluding carboxylic acids is 2. The molecule has 43 heavy (non-hydrogen) atoms. The van der Waals surface area contributed by atoms with E-state index in [1.807, 2.05) is 0 Å². The second-order valence-corrected chi connectivity index (χ2v) is 11.8. The summed E-state index contributed by atoms with van der Waals surface area (Å²) in [7, 11) is 0. The number of hydrogen-bond donors (Lipinski definition) is 2. The average molecular weight is 614 g/mol. The molecule has 2 N–H and O–H groups in total. The molecule has 2 aromatic carbocycles. The number of nitrogens with zero attached hydrogens (tertiary/aromatic N) is 1. The first-order chi connectivity index (χ1) is 20.0. The van der Waals surface area contributed by atoms with Crippen molar-refractivity contribution in [2.75, 3.05) is 0 Å². The summed E-state index contributed by atoms with van der Waals surface area (Å²) in [5, 5.41) is 2.65. The highest BCUT2D eigenvalue weighted by Crippen LogP contribution is 2.42. The van der Waals surface area contributed by atoms with E-state index in [0.717, 1.165) is 6.07 Å². The average Bonchev–Trinajstić information content (AvgIpc) is 3.34. The van der Waals surface area contributed by atoms with Gasteiger partial charge in [-0.2, -0.15) is 13.2 Å². The largest absolute Gasteiger partial charge is 0.459 e. The summed E-state index contributed by atoms with van der Waals surface area (Å²) in [6.45, 7) is 4.38. The molecule has 0 bridgehead atoms. The van der Waals surface area contributed by atoms with Crippen LogP contribution in [0.4, 0.5) is 31.1 Å². The van der Waals surface area contributed by atoms with Gasteiger partial charge in [-0.1, -0.05) is 36.4 Å². The number of carbonyl (C=O) groups is 2. The van der Waals surface area contributed by atoms with Gasteiger partial charge in [-0.15, -0.1) is 0 Å². The molecule has 234 valence electrons. The van der Waals surface area contributed by atoms with Crippen LogP contribution in [0, 0.1) is 11.7 Å². The van der Waals surface area contributed by atoms with Crippen LogP contribution < -0.4 is 5.32 Å². The Balaban J connectivity index is 1.66. The van der Waals surface area contributed by atoms with E-state index in [0.29, 0.717) is 5.56 Å². The van der Waals surface area contributed by atoms with E-state index >= 15 is 4.39 Å². The third-order valence-electron chi connectivity index (χ3n) is 7.16. The number of aromatic nitrogens is 2. The number of aromatic amines is 1. The number of fused-ring (bicyclic) bond motifs is 1. The Morgan fingerprint density at radius 3 is 2.33 bits per heavy atom. The van der Waals surface area contributed by atoms with Crippen LogP contribution in [0.3, 0.4) is 0 Å². The molecule has 0 saturated heterocycles. The van der Waals surface area contributed by atoms with Gasteiger partial charge in [0.05, 0.1) is 23.9 Å². The van der Waals surface area contributed by atoms with Crippen LogP contribution in [0.2, 0.25) is 0 Å². The molecule has 1 aliphatic rings. The van der Waals surface area contributed by atoms with Crippen molar-refractivity contribution in [3.05, 3.63) is 65.2 Å². The molecule has 2 atom stereocenters. The Morgan fingerprint density at radius 2 is 1.72 bits per heavy atom. The maximum absolute atomic E-state index is 15.8. The minimum atomic E-state index is -4.81. The van der Waals surface area contributed by atoms with E-state index in [2.05, 4.69) is 15.3 Å². The molecule has 1 aliphatic carbocycles. The molecule has 13 heteroatoms. The minimum Gasteiger partial charge on any atom is -0.459 e. The number of esters is 1. The number of benzene rings is 2. The summed E-state index contributed by atoms with van der Waals surface area (Å²) in [6, 6.07) is 10.2. The summed E-state index contributed by atoms with van der Waals surface area (Å²) < 4.78 is 94.4. The number of H-pyrrole nitrogens is 1. The number of amides is 1. The Hall–Kier alpha value is -3.77. The van der Waals surface area contributed by atoms with Crippen LogP contribution in [-0.2, 0) is 20.9 Å². The van der Waals surface area contributed by atoms with Gasteiger partial charge < -0.3 is 19.8 Å². The zero-order valence-corrected chi connectivity index (χ0v) is 23.9. The second kappa shape index (κ2) is 12.5. The SMILES string of the molecule is CC(C)(C)OC(=O)C(CC(F)(F)F)c1ccc2[nH]c([C@@H](NC(=O)OCc3ccccc3)C3CCC(F)(F)CC3)nc2c1F. The van der Waals surface area contributed by atoms with Crippen molar-refractivity contribution >= 4 is 23.1 Å². The van der Waals surface area contributed by atoms with Crippen molar-refractivity contribution < 1.29 is 45.4 Å². The fourth-order valence-electron chi connectivity index (χ4n) is 5.11. The molecule has 0 radical (unpaired) electrons. The number of halogens is 6. The van der Waals surface area contributed by atoms with Gasteiger partial charge >= 0.3 is 18.2 Å². The van der Waals surface area contributed by atoms with Crippen molar-refractivity contribution in [3.8, 4) is 0 Å². The van der Waals surface area contributed by atoms with Gasteiger partial charge in [-0.05, 0) is 51.2 Å². The maximum atomic E-state index is 15.8. The standard InChI is InChI=1S/C30H33F6N3O4/c1-28(2,3)43-26(40)20(15-30(34,35)36)19-9-10-21-24(22(19)31)38-25(37-21)23(18-11-13-29(32,33)14-12-18)39-27(41)42-16-17-7-5-4-6-8-17/h4-10,18,20,23H,11-16H2,1-3H3,(H,37,38)(H,39,41)/t20?,23-/m0/s1. The van der Waals surface area contributed by atoms with E-state index in [-0.39, 0.29) is 36.3 Å². The van der Waals surface area contributed by atoms with Gasteiger partial charge in [0.2, 0.25) is 5.92 Å². The van der Waals surface area contributed by atoms with Crippen LogP contribution in [-0.4, -0.2) is 39.7 Å². The summed E-state index contributed by atoms with van der Waals surface area (Å²) in [4.78, 5) is 32.6. The minimum absolute atomic E-state index is 0.0163. The second-order valence-electron chi connectivity index (χ2n) is 11.8. The van der Waals surface area contributed by atoms with E-state index < -0.39 is 78.3 Å². The molecule has 1 saturated carbocycles. The highest BCUT2D eigenvalue weighted by Gasteiger charge is 2.42. The monoisotopic (exact) mass is 613 g/mol. The lowest BCUT2D eigenvalue weighted by Crippen LogP contribution is -2.38. The van der Waals surface area contributed by atoms with Gasteiger partial charge in [0.15, 0.2) is 5.82 Å². The van der Waals surface area contributed by atoms with Gasteiger partial charge in [0.25, 0.3) is 0 Å². The molecule has 0 spiro atoms. The van der Waals surface area contributed by atoms with Crippen LogP contribution in [0.5, 0.6) is 0 Å². The molecule has 1 aromatic heterocycles. The fraction of sp³-hybridized carbons (Fsp3) is 0.500.